The molecule has 1 atom stereocenters. The number of benzene rings is 1. The largest absolute Gasteiger partial charge is 0.489 e. The van der Waals surface area contributed by atoms with Gasteiger partial charge in [0.25, 0.3) is 0 Å². The van der Waals surface area contributed by atoms with Crippen molar-refractivity contribution in [3.63, 3.8) is 0 Å². The fourth-order valence-electron chi connectivity index (χ4n) is 2.16. The quantitative estimate of drug-likeness (QED) is 0.409. The Bertz CT molecular complexity index is 656. The summed E-state index contributed by atoms with van der Waals surface area (Å²) in [6.07, 6.45) is 1.82. The molecule has 6 nitrogen and oxygen atoms in total. The molecule has 0 aliphatic rings. The number of aliphatic imine (C=N–C) groups is 1. The first-order valence-corrected chi connectivity index (χ1v) is 7.74. The molecule has 7 heteroatoms. The number of rotatable bonds is 6. The van der Waals surface area contributed by atoms with Crippen LogP contribution in [0.4, 0.5) is 0 Å². The minimum atomic E-state index is 0. The van der Waals surface area contributed by atoms with Crippen molar-refractivity contribution in [2.75, 3.05) is 13.6 Å². The Morgan fingerprint density at radius 3 is 2.67 bits per heavy atom. The number of guanidine groups is 1. The van der Waals surface area contributed by atoms with E-state index in [1.807, 2.05) is 55.9 Å². The standard InChI is InChI=1S/C17H25N5O.HI/c1-13-7-5-6-8-16(13)23-14(2)11-19-17(18-3)20-12-15-9-10-21-22(15)4;/h5-10,14H,11-12H2,1-4H3,(H2,18,19,20);1H. The van der Waals surface area contributed by atoms with Gasteiger partial charge in [-0.1, -0.05) is 18.2 Å². The first kappa shape index (κ1) is 20.3. The Morgan fingerprint density at radius 1 is 1.29 bits per heavy atom. The monoisotopic (exact) mass is 443 g/mol. The third kappa shape index (κ3) is 6.03. The van der Waals surface area contributed by atoms with Gasteiger partial charge in [0.1, 0.15) is 11.9 Å². The van der Waals surface area contributed by atoms with E-state index >= 15 is 0 Å². The molecule has 0 saturated carbocycles. The molecule has 1 aromatic carbocycles. The first-order valence-electron chi connectivity index (χ1n) is 7.74. The van der Waals surface area contributed by atoms with Crippen LogP contribution >= 0.6 is 24.0 Å². The van der Waals surface area contributed by atoms with Crippen molar-refractivity contribution in [2.45, 2.75) is 26.5 Å². The van der Waals surface area contributed by atoms with Crippen molar-refractivity contribution in [3.05, 3.63) is 47.8 Å². The lowest BCUT2D eigenvalue weighted by atomic mass is 10.2. The van der Waals surface area contributed by atoms with Crippen LogP contribution in [0, 0.1) is 6.92 Å². The predicted molar refractivity (Wildman–Crippen MR) is 108 cm³/mol. The molecule has 2 rings (SSSR count). The van der Waals surface area contributed by atoms with Gasteiger partial charge in [-0.05, 0) is 31.5 Å². The number of hydrogen-bond acceptors (Lipinski definition) is 3. The fourth-order valence-corrected chi connectivity index (χ4v) is 2.16. The van der Waals surface area contributed by atoms with Gasteiger partial charge in [-0.3, -0.25) is 9.67 Å². The maximum absolute atomic E-state index is 5.95. The summed E-state index contributed by atoms with van der Waals surface area (Å²) in [7, 11) is 3.68. The van der Waals surface area contributed by atoms with Crippen molar-refractivity contribution in [1.29, 1.82) is 0 Å². The highest BCUT2D eigenvalue weighted by Gasteiger charge is 2.07. The summed E-state index contributed by atoms with van der Waals surface area (Å²) in [5.41, 5.74) is 2.23. The number of aryl methyl sites for hydroxylation is 2. The average molecular weight is 443 g/mol. The molecule has 0 aliphatic carbocycles. The zero-order chi connectivity index (χ0) is 16.7. The normalized spacial score (nSPS) is 12.2. The number of para-hydroxylation sites is 1. The minimum absolute atomic E-state index is 0. The molecule has 0 bridgehead atoms. The molecule has 0 saturated heterocycles. The summed E-state index contributed by atoms with van der Waals surface area (Å²) in [4.78, 5) is 4.22. The molecule has 1 unspecified atom stereocenters. The van der Waals surface area contributed by atoms with E-state index in [0.29, 0.717) is 13.1 Å². The predicted octanol–water partition coefficient (Wildman–Crippen LogP) is 2.48. The summed E-state index contributed by atoms with van der Waals surface area (Å²) >= 11 is 0. The highest BCUT2D eigenvalue weighted by molar-refractivity contribution is 14.0. The fraction of sp³-hybridized carbons (Fsp3) is 0.412. The van der Waals surface area contributed by atoms with Gasteiger partial charge in [0, 0.05) is 20.3 Å². The number of nitrogens with zero attached hydrogens (tertiary/aromatic N) is 3. The number of aromatic nitrogens is 2. The van der Waals surface area contributed by atoms with Gasteiger partial charge < -0.3 is 15.4 Å². The van der Waals surface area contributed by atoms with Crippen LogP contribution in [0.25, 0.3) is 0 Å². The molecule has 0 fully saturated rings. The minimum Gasteiger partial charge on any atom is -0.489 e. The van der Waals surface area contributed by atoms with Gasteiger partial charge in [-0.25, -0.2) is 0 Å². The zero-order valence-electron chi connectivity index (χ0n) is 14.6. The van der Waals surface area contributed by atoms with E-state index in [9.17, 15) is 0 Å². The maximum Gasteiger partial charge on any atom is 0.191 e. The second-order valence-corrected chi connectivity index (χ2v) is 5.45. The van der Waals surface area contributed by atoms with Gasteiger partial charge in [0.15, 0.2) is 5.96 Å². The molecular weight excluding hydrogens is 417 g/mol. The van der Waals surface area contributed by atoms with E-state index in [0.717, 1.165) is 23.0 Å². The van der Waals surface area contributed by atoms with E-state index < -0.39 is 0 Å². The van der Waals surface area contributed by atoms with Crippen LogP contribution in [-0.2, 0) is 13.6 Å². The van der Waals surface area contributed by atoms with Crippen LogP contribution in [0.2, 0.25) is 0 Å². The lowest BCUT2D eigenvalue weighted by Gasteiger charge is -2.18. The first-order chi connectivity index (χ1) is 11.1. The van der Waals surface area contributed by atoms with Crippen molar-refractivity contribution in [3.8, 4) is 5.75 Å². The molecule has 0 amide bonds. The lowest BCUT2D eigenvalue weighted by molar-refractivity contribution is 0.222. The van der Waals surface area contributed by atoms with Crippen molar-refractivity contribution in [1.82, 2.24) is 20.4 Å². The molecule has 0 radical (unpaired) electrons. The zero-order valence-corrected chi connectivity index (χ0v) is 16.9. The molecule has 1 aromatic heterocycles. The van der Waals surface area contributed by atoms with Crippen LogP contribution < -0.4 is 15.4 Å². The van der Waals surface area contributed by atoms with E-state index in [-0.39, 0.29) is 30.1 Å². The number of nitrogens with one attached hydrogen (secondary N) is 2. The van der Waals surface area contributed by atoms with Gasteiger partial charge in [-0.15, -0.1) is 24.0 Å². The summed E-state index contributed by atoms with van der Waals surface area (Å²) in [5, 5.41) is 10.7. The molecule has 0 aliphatic heterocycles. The molecule has 1 heterocycles. The summed E-state index contributed by atoms with van der Waals surface area (Å²) in [6, 6.07) is 10.0. The van der Waals surface area contributed by atoms with Gasteiger partial charge in [0.2, 0.25) is 0 Å². The Kier molecular flexibility index (Phi) is 8.59. The lowest BCUT2D eigenvalue weighted by Crippen LogP contribution is -2.41. The van der Waals surface area contributed by atoms with Gasteiger partial charge in [0.05, 0.1) is 18.8 Å². The smallest absolute Gasteiger partial charge is 0.191 e. The molecule has 0 spiro atoms. The van der Waals surface area contributed by atoms with E-state index in [1.54, 1.807) is 13.2 Å². The Hall–Kier alpha value is -1.77. The van der Waals surface area contributed by atoms with E-state index in [4.69, 9.17) is 4.74 Å². The molecular formula is C17H26IN5O. The molecule has 24 heavy (non-hydrogen) atoms. The second-order valence-electron chi connectivity index (χ2n) is 5.45. The topological polar surface area (TPSA) is 63.5 Å². The highest BCUT2D eigenvalue weighted by atomic mass is 127. The maximum atomic E-state index is 5.95. The summed E-state index contributed by atoms with van der Waals surface area (Å²) in [5.74, 6) is 1.66. The number of hydrogen-bond donors (Lipinski definition) is 2. The number of halogens is 1. The van der Waals surface area contributed by atoms with E-state index in [2.05, 4.69) is 20.7 Å². The second kappa shape index (κ2) is 10.2. The average Bonchev–Trinajstić information content (AvgIpc) is 2.95. The van der Waals surface area contributed by atoms with Crippen molar-refractivity contribution < 1.29 is 4.74 Å². The van der Waals surface area contributed by atoms with Crippen molar-refractivity contribution in [2.24, 2.45) is 12.0 Å². The summed E-state index contributed by atoms with van der Waals surface area (Å²) < 4.78 is 7.79. The Labute approximate surface area is 160 Å². The van der Waals surface area contributed by atoms with Crippen LogP contribution in [0.15, 0.2) is 41.5 Å². The summed E-state index contributed by atoms with van der Waals surface area (Å²) in [6.45, 7) is 5.42. The van der Waals surface area contributed by atoms with Crippen molar-refractivity contribution >= 4 is 29.9 Å². The van der Waals surface area contributed by atoms with Gasteiger partial charge >= 0.3 is 0 Å². The van der Waals surface area contributed by atoms with Crippen LogP contribution in [0.3, 0.4) is 0 Å². The van der Waals surface area contributed by atoms with E-state index in [1.165, 1.54) is 0 Å². The Morgan fingerprint density at radius 2 is 2.04 bits per heavy atom. The molecule has 2 aromatic rings. The number of ether oxygens (including phenoxy) is 1. The van der Waals surface area contributed by atoms with Crippen LogP contribution in [0.5, 0.6) is 5.75 Å². The van der Waals surface area contributed by atoms with Gasteiger partial charge in [-0.2, -0.15) is 5.10 Å². The van der Waals surface area contributed by atoms with Crippen LogP contribution in [-0.4, -0.2) is 35.4 Å². The third-order valence-electron chi connectivity index (χ3n) is 3.56. The highest BCUT2D eigenvalue weighted by Crippen LogP contribution is 2.17. The third-order valence-corrected chi connectivity index (χ3v) is 3.56. The van der Waals surface area contributed by atoms with Crippen LogP contribution in [0.1, 0.15) is 18.2 Å². The molecule has 2 N–H and O–H groups in total. The Balaban J connectivity index is 0.00000288. The molecule has 132 valence electrons. The SMILES string of the molecule is CN=C(NCc1ccnn1C)NCC(C)Oc1ccccc1C.I.